The number of aromatic nitrogens is 2. The fraction of sp³-hybridized carbons (Fsp3) is 0.750. The van der Waals surface area contributed by atoms with Crippen molar-refractivity contribution in [3.8, 4) is 0 Å². The summed E-state index contributed by atoms with van der Waals surface area (Å²) in [5.74, 6) is 0. The lowest BCUT2D eigenvalue weighted by molar-refractivity contribution is 0.473. The Hall–Kier alpha value is -0.310. The molecule has 0 aromatic carbocycles. The van der Waals surface area contributed by atoms with Gasteiger partial charge in [0, 0.05) is 17.1 Å². The number of rotatable bonds is 6. The second kappa shape index (κ2) is 6.31. The van der Waals surface area contributed by atoms with Gasteiger partial charge in [-0.15, -0.1) is 0 Å². The van der Waals surface area contributed by atoms with Gasteiger partial charge in [0.05, 0.1) is 5.69 Å². The summed E-state index contributed by atoms with van der Waals surface area (Å²) in [6.07, 6.45) is 6.76. The molecule has 0 fully saturated rings. The monoisotopic (exact) mass is 272 g/mol. The molecule has 0 saturated heterocycles. The molecule has 1 rings (SSSR count). The minimum Gasteiger partial charge on any atom is -0.270 e. The number of hydrogen-bond acceptors (Lipinski definition) is 1. The topological polar surface area (TPSA) is 17.8 Å². The number of nitrogens with zero attached hydrogens (tertiary/aromatic N) is 2. The molecule has 2 atom stereocenters. The molecule has 86 valence electrons. The fourth-order valence-electron chi connectivity index (χ4n) is 1.51. The number of hydrogen-bond donors (Lipinski definition) is 0. The van der Waals surface area contributed by atoms with Crippen molar-refractivity contribution in [3.05, 3.63) is 18.0 Å². The van der Waals surface area contributed by atoms with Crippen LogP contribution in [-0.4, -0.2) is 14.6 Å². The third-order valence-corrected chi connectivity index (χ3v) is 3.20. The molecular weight excluding hydrogens is 252 g/mol. The van der Waals surface area contributed by atoms with E-state index in [1.807, 2.05) is 0 Å². The summed E-state index contributed by atoms with van der Waals surface area (Å²) in [4.78, 5) is 0.620. The van der Waals surface area contributed by atoms with Gasteiger partial charge < -0.3 is 0 Å². The highest BCUT2D eigenvalue weighted by molar-refractivity contribution is 9.09. The number of halogens is 1. The SMILES string of the molecule is CCC(C)n1ccc(CCCC(C)Br)n1. The van der Waals surface area contributed by atoms with E-state index in [0.29, 0.717) is 10.9 Å². The fourth-order valence-corrected chi connectivity index (χ4v) is 1.83. The summed E-state index contributed by atoms with van der Waals surface area (Å²) in [5.41, 5.74) is 1.23. The van der Waals surface area contributed by atoms with E-state index in [4.69, 9.17) is 0 Å². The maximum absolute atomic E-state index is 4.58. The molecule has 0 bridgehead atoms. The summed E-state index contributed by atoms with van der Waals surface area (Å²) in [5, 5.41) is 4.58. The predicted molar refractivity (Wildman–Crippen MR) is 68.6 cm³/mol. The van der Waals surface area contributed by atoms with Crippen molar-refractivity contribution < 1.29 is 0 Å². The van der Waals surface area contributed by atoms with Crippen LogP contribution in [0.25, 0.3) is 0 Å². The summed E-state index contributed by atoms with van der Waals surface area (Å²) in [7, 11) is 0. The van der Waals surface area contributed by atoms with E-state index >= 15 is 0 Å². The van der Waals surface area contributed by atoms with Crippen LogP contribution in [0.15, 0.2) is 12.3 Å². The Balaban J connectivity index is 2.39. The van der Waals surface area contributed by atoms with E-state index in [1.54, 1.807) is 0 Å². The van der Waals surface area contributed by atoms with Gasteiger partial charge in [-0.1, -0.05) is 29.8 Å². The third-order valence-electron chi connectivity index (χ3n) is 2.74. The van der Waals surface area contributed by atoms with Crippen LogP contribution in [0.3, 0.4) is 0 Å². The zero-order valence-electron chi connectivity index (χ0n) is 9.91. The van der Waals surface area contributed by atoms with Crippen molar-refractivity contribution in [1.29, 1.82) is 0 Å². The van der Waals surface area contributed by atoms with Gasteiger partial charge in [0.1, 0.15) is 0 Å². The van der Waals surface area contributed by atoms with Gasteiger partial charge in [0.15, 0.2) is 0 Å². The summed E-state index contributed by atoms with van der Waals surface area (Å²) >= 11 is 3.56. The zero-order chi connectivity index (χ0) is 11.3. The van der Waals surface area contributed by atoms with Crippen molar-refractivity contribution in [2.75, 3.05) is 0 Å². The van der Waals surface area contributed by atoms with Crippen molar-refractivity contribution in [2.24, 2.45) is 0 Å². The lowest BCUT2D eigenvalue weighted by Gasteiger charge is -2.08. The van der Waals surface area contributed by atoms with Crippen LogP contribution >= 0.6 is 15.9 Å². The molecule has 0 amide bonds. The Morgan fingerprint density at radius 2 is 2.20 bits per heavy atom. The van der Waals surface area contributed by atoms with Crippen molar-refractivity contribution in [1.82, 2.24) is 9.78 Å². The van der Waals surface area contributed by atoms with Crippen molar-refractivity contribution >= 4 is 15.9 Å². The first-order chi connectivity index (χ1) is 7.13. The minimum atomic E-state index is 0.522. The molecule has 0 radical (unpaired) electrons. The molecule has 2 unspecified atom stereocenters. The van der Waals surface area contributed by atoms with Crippen LogP contribution in [0.2, 0.25) is 0 Å². The average molecular weight is 273 g/mol. The second-order valence-electron chi connectivity index (χ2n) is 4.22. The molecule has 0 saturated carbocycles. The molecule has 2 nitrogen and oxygen atoms in total. The van der Waals surface area contributed by atoms with Crippen molar-refractivity contribution in [3.63, 3.8) is 0 Å². The molecular formula is C12H21BrN2. The van der Waals surface area contributed by atoms with Crippen LogP contribution < -0.4 is 0 Å². The van der Waals surface area contributed by atoms with E-state index in [2.05, 4.69) is 58.7 Å². The van der Waals surface area contributed by atoms with Gasteiger partial charge in [0.25, 0.3) is 0 Å². The largest absolute Gasteiger partial charge is 0.270 e. The molecule has 0 aliphatic rings. The molecule has 15 heavy (non-hydrogen) atoms. The zero-order valence-corrected chi connectivity index (χ0v) is 11.5. The maximum atomic E-state index is 4.58. The highest BCUT2D eigenvalue weighted by Gasteiger charge is 2.04. The molecule has 1 heterocycles. The van der Waals surface area contributed by atoms with E-state index in [-0.39, 0.29) is 0 Å². The molecule has 0 aliphatic heterocycles. The van der Waals surface area contributed by atoms with Gasteiger partial charge in [-0.05, 0) is 38.7 Å². The Morgan fingerprint density at radius 1 is 1.47 bits per heavy atom. The minimum absolute atomic E-state index is 0.522. The maximum Gasteiger partial charge on any atom is 0.0624 e. The smallest absolute Gasteiger partial charge is 0.0624 e. The summed E-state index contributed by atoms with van der Waals surface area (Å²) in [6, 6.07) is 2.67. The van der Waals surface area contributed by atoms with E-state index in [1.165, 1.54) is 18.5 Å². The Morgan fingerprint density at radius 3 is 2.80 bits per heavy atom. The molecule has 0 spiro atoms. The Labute approximate surface area is 101 Å². The number of aryl methyl sites for hydroxylation is 1. The first kappa shape index (κ1) is 12.8. The van der Waals surface area contributed by atoms with Gasteiger partial charge in [0.2, 0.25) is 0 Å². The van der Waals surface area contributed by atoms with E-state index < -0.39 is 0 Å². The average Bonchev–Trinajstić information content (AvgIpc) is 2.65. The van der Waals surface area contributed by atoms with Crippen LogP contribution in [0, 0.1) is 0 Å². The summed E-state index contributed by atoms with van der Waals surface area (Å²) < 4.78 is 2.08. The molecule has 0 N–H and O–H groups in total. The third kappa shape index (κ3) is 4.37. The normalized spacial score (nSPS) is 15.2. The standard InChI is InChI=1S/C12H21BrN2/c1-4-11(3)15-9-8-12(14-15)7-5-6-10(2)13/h8-11H,4-7H2,1-3H3. The molecule has 1 aromatic rings. The molecule has 0 aliphatic carbocycles. The summed E-state index contributed by atoms with van der Waals surface area (Å²) in [6.45, 7) is 6.59. The van der Waals surface area contributed by atoms with Gasteiger partial charge in [-0.2, -0.15) is 5.10 Å². The predicted octanol–water partition coefficient (Wildman–Crippen LogP) is 3.96. The second-order valence-corrected chi connectivity index (χ2v) is 5.78. The van der Waals surface area contributed by atoms with Gasteiger partial charge in [-0.3, -0.25) is 4.68 Å². The van der Waals surface area contributed by atoms with E-state index in [0.717, 1.165) is 12.8 Å². The highest BCUT2D eigenvalue weighted by Crippen LogP contribution is 2.12. The molecule has 1 aromatic heterocycles. The van der Waals surface area contributed by atoms with Gasteiger partial charge in [-0.25, -0.2) is 0 Å². The Bertz CT molecular complexity index is 281. The Kier molecular flexibility index (Phi) is 5.37. The molecule has 3 heteroatoms. The van der Waals surface area contributed by atoms with Crippen LogP contribution in [0.1, 0.15) is 51.8 Å². The highest BCUT2D eigenvalue weighted by atomic mass is 79.9. The van der Waals surface area contributed by atoms with Crippen LogP contribution in [0.5, 0.6) is 0 Å². The lowest BCUT2D eigenvalue weighted by atomic mass is 10.2. The van der Waals surface area contributed by atoms with Gasteiger partial charge >= 0.3 is 0 Å². The van der Waals surface area contributed by atoms with Crippen molar-refractivity contribution in [2.45, 2.75) is 57.3 Å². The van der Waals surface area contributed by atoms with E-state index in [9.17, 15) is 0 Å². The van der Waals surface area contributed by atoms with Crippen LogP contribution in [-0.2, 0) is 6.42 Å². The first-order valence-electron chi connectivity index (χ1n) is 5.81. The lowest BCUT2D eigenvalue weighted by Crippen LogP contribution is -2.04. The quantitative estimate of drug-likeness (QED) is 0.717. The number of alkyl halides is 1. The first-order valence-corrected chi connectivity index (χ1v) is 6.73. The van der Waals surface area contributed by atoms with Crippen LogP contribution in [0.4, 0.5) is 0 Å².